The molecule has 1 fully saturated rings. The summed E-state index contributed by atoms with van der Waals surface area (Å²) >= 11 is 1.67. The number of hydrogen-bond donors (Lipinski definition) is 2. The van der Waals surface area contributed by atoms with Crippen LogP contribution in [-0.2, 0) is 11.3 Å². The summed E-state index contributed by atoms with van der Waals surface area (Å²) in [5, 5.41) is 6.62. The van der Waals surface area contributed by atoms with Gasteiger partial charge in [-0.15, -0.1) is 35.3 Å². The van der Waals surface area contributed by atoms with Crippen molar-refractivity contribution in [2.24, 2.45) is 4.99 Å². The Kier molecular flexibility index (Phi) is 10.8. The van der Waals surface area contributed by atoms with Gasteiger partial charge < -0.3 is 15.4 Å². The van der Waals surface area contributed by atoms with Crippen LogP contribution in [0.3, 0.4) is 0 Å². The Morgan fingerprint density at radius 1 is 1.30 bits per heavy atom. The van der Waals surface area contributed by atoms with Crippen molar-refractivity contribution >= 4 is 41.3 Å². The zero-order valence-electron chi connectivity index (χ0n) is 14.1. The second kappa shape index (κ2) is 12.0. The molecule has 23 heavy (non-hydrogen) atoms. The van der Waals surface area contributed by atoms with Crippen molar-refractivity contribution in [3.63, 3.8) is 0 Å². The number of guanidine groups is 1. The molecular formula is C16H29IN4OS. The molecule has 1 saturated carbocycles. The van der Waals surface area contributed by atoms with Crippen molar-refractivity contribution in [3.05, 3.63) is 16.1 Å². The topological polar surface area (TPSA) is 58.5 Å². The van der Waals surface area contributed by atoms with Crippen LogP contribution in [0.5, 0.6) is 0 Å². The van der Waals surface area contributed by atoms with Gasteiger partial charge in [0.15, 0.2) is 5.96 Å². The van der Waals surface area contributed by atoms with E-state index in [1.807, 2.05) is 12.4 Å². The van der Waals surface area contributed by atoms with Gasteiger partial charge in [0.2, 0.25) is 0 Å². The van der Waals surface area contributed by atoms with Crippen molar-refractivity contribution in [1.29, 1.82) is 0 Å². The fourth-order valence-corrected chi connectivity index (χ4v) is 3.40. The number of rotatable bonds is 6. The smallest absolute Gasteiger partial charge is 0.191 e. The summed E-state index contributed by atoms with van der Waals surface area (Å²) in [7, 11) is 1.79. The van der Waals surface area contributed by atoms with Crippen LogP contribution in [0.25, 0.3) is 0 Å². The second-order valence-electron chi connectivity index (χ2n) is 5.70. The number of nitrogens with one attached hydrogen (secondary N) is 2. The number of aryl methyl sites for hydroxylation is 1. The van der Waals surface area contributed by atoms with Crippen LogP contribution in [0.15, 0.2) is 10.5 Å². The van der Waals surface area contributed by atoms with Crippen molar-refractivity contribution < 1.29 is 4.74 Å². The third kappa shape index (κ3) is 7.80. The Hall–Kier alpha value is -0.410. The van der Waals surface area contributed by atoms with Gasteiger partial charge in [0.05, 0.1) is 30.5 Å². The average molecular weight is 452 g/mol. The molecule has 1 aromatic heterocycles. The van der Waals surface area contributed by atoms with Crippen LogP contribution in [-0.4, -0.2) is 37.2 Å². The van der Waals surface area contributed by atoms with E-state index in [4.69, 9.17) is 4.74 Å². The normalized spacial score (nSPS) is 16.5. The van der Waals surface area contributed by atoms with Crippen molar-refractivity contribution in [2.75, 3.05) is 20.2 Å². The first-order valence-corrected chi connectivity index (χ1v) is 9.12. The number of halogens is 1. The molecule has 0 amide bonds. The molecule has 0 atom stereocenters. The minimum atomic E-state index is 0. The third-order valence-electron chi connectivity index (χ3n) is 4.04. The highest BCUT2D eigenvalue weighted by atomic mass is 127. The first-order valence-electron chi connectivity index (χ1n) is 8.24. The maximum atomic E-state index is 5.97. The molecule has 1 heterocycles. The van der Waals surface area contributed by atoms with Gasteiger partial charge >= 0.3 is 0 Å². The minimum Gasteiger partial charge on any atom is -0.376 e. The molecule has 0 aromatic carbocycles. The Morgan fingerprint density at radius 3 is 2.65 bits per heavy atom. The molecule has 0 saturated heterocycles. The van der Waals surface area contributed by atoms with Crippen LogP contribution in [0.4, 0.5) is 0 Å². The lowest BCUT2D eigenvalue weighted by Gasteiger charge is -2.16. The number of aliphatic imine (C=N–C) groups is 1. The Bertz CT molecular complexity index is 459. The van der Waals surface area contributed by atoms with Crippen molar-refractivity contribution in [2.45, 2.75) is 58.1 Å². The number of hydrogen-bond acceptors (Lipinski definition) is 4. The van der Waals surface area contributed by atoms with Gasteiger partial charge in [0.25, 0.3) is 0 Å². The first-order chi connectivity index (χ1) is 10.8. The van der Waals surface area contributed by atoms with Gasteiger partial charge in [-0.1, -0.05) is 25.7 Å². The molecule has 0 aliphatic heterocycles. The summed E-state index contributed by atoms with van der Waals surface area (Å²) in [4.78, 5) is 9.74. The number of ether oxygens (including phenoxy) is 1. The van der Waals surface area contributed by atoms with Crippen LogP contribution in [0.1, 0.15) is 49.1 Å². The molecule has 5 nitrogen and oxygen atoms in total. The van der Waals surface area contributed by atoms with Gasteiger partial charge in [0, 0.05) is 18.5 Å². The van der Waals surface area contributed by atoms with E-state index in [9.17, 15) is 0 Å². The molecule has 2 rings (SSSR count). The average Bonchev–Trinajstić information content (AvgIpc) is 2.77. The Morgan fingerprint density at radius 2 is 2.04 bits per heavy atom. The van der Waals surface area contributed by atoms with E-state index in [1.165, 1.54) is 43.4 Å². The molecule has 7 heteroatoms. The summed E-state index contributed by atoms with van der Waals surface area (Å²) in [6.45, 7) is 4.33. The second-order valence-corrected chi connectivity index (χ2v) is 6.64. The lowest BCUT2D eigenvalue weighted by molar-refractivity contribution is 0.0468. The maximum Gasteiger partial charge on any atom is 0.191 e. The largest absolute Gasteiger partial charge is 0.376 e. The highest BCUT2D eigenvalue weighted by molar-refractivity contribution is 14.0. The summed E-state index contributed by atoms with van der Waals surface area (Å²) < 4.78 is 5.97. The van der Waals surface area contributed by atoms with E-state index >= 15 is 0 Å². The van der Waals surface area contributed by atoms with Gasteiger partial charge in [-0.2, -0.15) is 0 Å². The Balaban J connectivity index is 0.00000264. The monoisotopic (exact) mass is 452 g/mol. The standard InChI is InChI=1S/C16H28N4OS.HI/c1-13-15(22-12-20-13)11-19-16(17-2)18-9-10-21-14-7-5-3-4-6-8-14;/h12,14H,3-11H2,1-2H3,(H2,17,18,19);1H. The quantitative estimate of drug-likeness (QED) is 0.228. The Labute approximate surface area is 160 Å². The number of aromatic nitrogens is 1. The van der Waals surface area contributed by atoms with Crippen molar-refractivity contribution in [1.82, 2.24) is 15.6 Å². The number of nitrogens with zero attached hydrogens (tertiary/aromatic N) is 2. The first kappa shape index (κ1) is 20.6. The summed E-state index contributed by atoms with van der Waals surface area (Å²) in [5.41, 5.74) is 2.97. The molecule has 1 aliphatic rings. The molecule has 0 unspecified atom stereocenters. The SMILES string of the molecule is CN=C(NCCOC1CCCCCC1)NCc1scnc1C.I. The highest BCUT2D eigenvalue weighted by Gasteiger charge is 2.12. The molecule has 132 valence electrons. The molecule has 0 spiro atoms. The maximum absolute atomic E-state index is 5.97. The highest BCUT2D eigenvalue weighted by Crippen LogP contribution is 2.19. The molecule has 1 aliphatic carbocycles. The van der Waals surface area contributed by atoms with Crippen LogP contribution < -0.4 is 10.6 Å². The number of thiazole rings is 1. The molecule has 2 N–H and O–H groups in total. The van der Waals surface area contributed by atoms with Crippen LogP contribution in [0, 0.1) is 6.92 Å². The van der Waals surface area contributed by atoms with E-state index in [2.05, 4.69) is 20.6 Å². The molecule has 1 aromatic rings. The van der Waals surface area contributed by atoms with Gasteiger partial charge in [-0.3, -0.25) is 4.99 Å². The van der Waals surface area contributed by atoms with E-state index < -0.39 is 0 Å². The van der Waals surface area contributed by atoms with Gasteiger partial charge in [-0.25, -0.2) is 4.98 Å². The van der Waals surface area contributed by atoms with Gasteiger partial charge in [0.1, 0.15) is 0 Å². The van der Waals surface area contributed by atoms with E-state index in [0.717, 1.165) is 31.3 Å². The summed E-state index contributed by atoms with van der Waals surface area (Å²) in [6, 6.07) is 0. The van der Waals surface area contributed by atoms with E-state index in [0.29, 0.717) is 6.10 Å². The zero-order valence-corrected chi connectivity index (χ0v) is 17.3. The third-order valence-corrected chi connectivity index (χ3v) is 4.97. The zero-order chi connectivity index (χ0) is 15.6. The van der Waals surface area contributed by atoms with Crippen molar-refractivity contribution in [3.8, 4) is 0 Å². The predicted molar refractivity (Wildman–Crippen MR) is 108 cm³/mol. The fraction of sp³-hybridized carbons (Fsp3) is 0.750. The fourth-order valence-electron chi connectivity index (χ4n) is 2.68. The minimum absolute atomic E-state index is 0. The summed E-state index contributed by atoms with van der Waals surface area (Å²) in [6.07, 6.45) is 8.26. The van der Waals surface area contributed by atoms with E-state index in [1.54, 1.807) is 18.4 Å². The van der Waals surface area contributed by atoms with Crippen LogP contribution in [0.2, 0.25) is 0 Å². The van der Waals surface area contributed by atoms with Gasteiger partial charge in [-0.05, 0) is 19.8 Å². The lowest BCUT2D eigenvalue weighted by atomic mass is 10.1. The van der Waals surface area contributed by atoms with Crippen LogP contribution >= 0.6 is 35.3 Å². The molecule has 0 bridgehead atoms. The summed E-state index contributed by atoms with van der Waals surface area (Å²) in [5.74, 6) is 0.817. The molecular weight excluding hydrogens is 423 g/mol. The molecule has 0 radical (unpaired) electrons. The predicted octanol–water partition coefficient (Wildman–Crippen LogP) is 3.47. The lowest BCUT2D eigenvalue weighted by Crippen LogP contribution is -2.38. The van der Waals surface area contributed by atoms with E-state index in [-0.39, 0.29) is 24.0 Å².